The normalized spacial score (nSPS) is 14.9. The van der Waals surface area contributed by atoms with Gasteiger partial charge in [-0.1, -0.05) is 43.2 Å². The first-order valence-electron chi connectivity index (χ1n) is 7.65. The van der Waals surface area contributed by atoms with Gasteiger partial charge < -0.3 is 5.32 Å². The minimum atomic E-state index is -0.263. The highest BCUT2D eigenvalue weighted by atomic mass is 16.2. The molecule has 0 spiro atoms. The van der Waals surface area contributed by atoms with Gasteiger partial charge in [0.25, 0.3) is 5.56 Å². The third kappa shape index (κ3) is 3.42. The van der Waals surface area contributed by atoms with Crippen LogP contribution in [0.2, 0.25) is 0 Å². The van der Waals surface area contributed by atoms with Gasteiger partial charge in [0, 0.05) is 17.7 Å². The Morgan fingerprint density at radius 1 is 1.14 bits per heavy atom. The third-order valence-corrected chi connectivity index (χ3v) is 3.95. The number of amides is 1. The van der Waals surface area contributed by atoms with Crippen LogP contribution in [0, 0.1) is 0 Å². The molecule has 5 nitrogen and oxygen atoms in total. The first-order chi connectivity index (χ1) is 10.7. The minimum Gasteiger partial charge on any atom is -0.352 e. The molecule has 1 aromatic heterocycles. The van der Waals surface area contributed by atoms with Gasteiger partial charge in [0.05, 0.1) is 5.69 Å². The lowest BCUT2D eigenvalue weighted by atomic mass is 10.1. The zero-order valence-electron chi connectivity index (χ0n) is 12.4. The quantitative estimate of drug-likeness (QED) is 0.938. The Bertz CT molecular complexity index is 703. The van der Waals surface area contributed by atoms with Crippen molar-refractivity contribution in [3.8, 4) is 11.3 Å². The monoisotopic (exact) mass is 297 g/mol. The molecule has 1 aromatic carbocycles. The molecule has 0 bridgehead atoms. The number of hydrogen-bond donors (Lipinski definition) is 1. The maximum absolute atomic E-state index is 12.1. The van der Waals surface area contributed by atoms with Crippen molar-refractivity contribution in [2.75, 3.05) is 0 Å². The molecule has 22 heavy (non-hydrogen) atoms. The molecule has 0 saturated heterocycles. The molecule has 1 aliphatic rings. The van der Waals surface area contributed by atoms with Gasteiger partial charge in [-0.25, -0.2) is 4.68 Å². The van der Waals surface area contributed by atoms with Crippen LogP contribution in [0.15, 0.2) is 47.3 Å². The molecular formula is C17H19N3O2. The van der Waals surface area contributed by atoms with Gasteiger partial charge in [-0.2, -0.15) is 5.10 Å². The fourth-order valence-electron chi connectivity index (χ4n) is 2.80. The minimum absolute atomic E-state index is 0.0317. The number of nitrogens with one attached hydrogen (secondary N) is 1. The number of benzene rings is 1. The molecule has 1 N–H and O–H groups in total. The Morgan fingerprint density at radius 2 is 1.86 bits per heavy atom. The second kappa shape index (κ2) is 6.56. The molecule has 1 aliphatic carbocycles. The van der Waals surface area contributed by atoms with Crippen LogP contribution in [-0.4, -0.2) is 21.7 Å². The van der Waals surface area contributed by atoms with Crippen LogP contribution in [0.3, 0.4) is 0 Å². The van der Waals surface area contributed by atoms with E-state index in [2.05, 4.69) is 10.4 Å². The Balaban J connectivity index is 1.75. The Hall–Kier alpha value is -2.43. The number of nitrogens with zero attached hydrogens (tertiary/aromatic N) is 2. The topological polar surface area (TPSA) is 64.0 Å². The first kappa shape index (κ1) is 14.5. The molecule has 2 aromatic rings. The molecule has 0 aliphatic heterocycles. The van der Waals surface area contributed by atoms with Gasteiger partial charge in [0.1, 0.15) is 6.54 Å². The average molecular weight is 297 g/mol. The van der Waals surface area contributed by atoms with Crippen molar-refractivity contribution in [2.45, 2.75) is 38.3 Å². The molecule has 0 unspecified atom stereocenters. The molecule has 1 fully saturated rings. The van der Waals surface area contributed by atoms with Crippen molar-refractivity contribution in [3.05, 3.63) is 52.8 Å². The Morgan fingerprint density at radius 3 is 2.59 bits per heavy atom. The zero-order valence-corrected chi connectivity index (χ0v) is 12.4. The summed E-state index contributed by atoms with van der Waals surface area (Å²) in [7, 11) is 0. The number of carbonyl (C=O) groups excluding carboxylic acids is 1. The zero-order chi connectivity index (χ0) is 15.4. The van der Waals surface area contributed by atoms with Gasteiger partial charge in [0.15, 0.2) is 0 Å². The molecule has 1 heterocycles. The maximum atomic E-state index is 12.1. The lowest BCUT2D eigenvalue weighted by Gasteiger charge is -2.12. The second-order valence-corrected chi connectivity index (χ2v) is 5.63. The van der Waals surface area contributed by atoms with E-state index in [0.717, 1.165) is 31.2 Å². The summed E-state index contributed by atoms with van der Waals surface area (Å²) in [6.07, 6.45) is 4.37. The third-order valence-electron chi connectivity index (χ3n) is 3.95. The van der Waals surface area contributed by atoms with E-state index in [0.29, 0.717) is 5.69 Å². The Kier molecular flexibility index (Phi) is 4.32. The fourth-order valence-corrected chi connectivity index (χ4v) is 2.80. The smallest absolute Gasteiger partial charge is 0.267 e. The summed E-state index contributed by atoms with van der Waals surface area (Å²) in [6, 6.07) is 13.0. The summed E-state index contributed by atoms with van der Waals surface area (Å²) in [4.78, 5) is 24.0. The van der Waals surface area contributed by atoms with E-state index < -0.39 is 0 Å². The van der Waals surface area contributed by atoms with Crippen LogP contribution >= 0.6 is 0 Å². The van der Waals surface area contributed by atoms with E-state index in [-0.39, 0.29) is 24.1 Å². The highest BCUT2D eigenvalue weighted by Crippen LogP contribution is 2.17. The van der Waals surface area contributed by atoms with Crippen molar-refractivity contribution in [3.63, 3.8) is 0 Å². The molecule has 0 atom stereocenters. The van der Waals surface area contributed by atoms with Crippen molar-refractivity contribution >= 4 is 5.91 Å². The number of aromatic nitrogens is 2. The molecule has 1 saturated carbocycles. The lowest BCUT2D eigenvalue weighted by Crippen LogP contribution is -2.38. The number of rotatable bonds is 4. The second-order valence-electron chi connectivity index (χ2n) is 5.63. The standard InChI is InChI=1S/C17H19N3O2/c21-16(18-14-8-4-5-9-14)12-20-17(22)11-10-15(19-20)13-6-2-1-3-7-13/h1-3,6-7,10-11,14H,4-5,8-9,12H2,(H,18,21). The lowest BCUT2D eigenvalue weighted by molar-refractivity contribution is -0.122. The molecule has 3 rings (SSSR count). The largest absolute Gasteiger partial charge is 0.352 e. The molecule has 5 heteroatoms. The maximum Gasteiger partial charge on any atom is 0.267 e. The van der Waals surface area contributed by atoms with Crippen LogP contribution in [0.4, 0.5) is 0 Å². The summed E-state index contributed by atoms with van der Waals surface area (Å²) >= 11 is 0. The van der Waals surface area contributed by atoms with E-state index in [4.69, 9.17) is 0 Å². The fraction of sp³-hybridized carbons (Fsp3) is 0.353. The molecular weight excluding hydrogens is 278 g/mol. The van der Waals surface area contributed by atoms with E-state index in [1.807, 2.05) is 30.3 Å². The number of carbonyl (C=O) groups is 1. The van der Waals surface area contributed by atoms with E-state index >= 15 is 0 Å². The number of hydrogen-bond acceptors (Lipinski definition) is 3. The van der Waals surface area contributed by atoms with Crippen molar-refractivity contribution in [1.82, 2.24) is 15.1 Å². The summed E-state index contributed by atoms with van der Waals surface area (Å²) in [5, 5.41) is 7.28. The summed E-state index contributed by atoms with van der Waals surface area (Å²) in [6.45, 7) is -0.0317. The SMILES string of the molecule is O=C(Cn1nc(-c2ccccc2)ccc1=O)NC1CCCC1. The van der Waals surface area contributed by atoms with Crippen LogP contribution in [0.5, 0.6) is 0 Å². The van der Waals surface area contributed by atoms with Crippen LogP contribution in [0.1, 0.15) is 25.7 Å². The summed E-state index contributed by atoms with van der Waals surface area (Å²) < 4.78 is 1.23. The van der Waals surface area contributed by atoms with Crippen LogP contribution in [0.25, 0.3) is 11.3 Å². The van der Waals surface area contributed by atoms with Crippen molar-refractivity contribution in [1.29, 1.82) is 0 Å². The van der Waals surface area contributed by atoms with Gasteiger partial charge in [-0.05, 0) is 18.9 Å². The van der Waals surface area contributed by atoms with Gasteiger partial charge in [-0.15, -0.1) is 0 Å². The van der Waals surface area contributed by atoms with Crippen LogP contribution < -0.4 is 10.9 Å². The van der Waals surface area contributed by atoms with Crippen molar-refractivity contribution < 1.29 is 4.79 Å². The predicted octanol–water partition coefficient (Wildman–Crippen LogP) is 1.97. The van der Waals surface area contributed by atoms with Crippen molar-refractivity contribution in [2.24, 2.45) is 0 Å². The van der Waals surface area contributed by atoms with Gasteiger partial charge in [-0.3, -0.25) is 9.59 Å². The molecule has 114 valence electrons. The average Bonchev–Trinajstić information content (AvgIpc) is 3.03. The molecule has 0 radical (unpaired) electrons. The van der Waals surface area contributed by atoms with E-state index in [1.54, 1.807) is 6.07 Å². The van der Waals surface area contributed by atoms with E-state index in [9.17, 15) is 9.59 Å². The molecule has 1 amide bonds. The highest BCUT2D eigenvalue weighted by Gasteiger charge is 2.17. The Labute approximate surface area is 129 Å². The van der Waals surface area contributed by atoms with Gasteiger partial charge in [0.2, 0.25) is 5.91 Å². The highest BCUT2D eigenvalue weighted by molar-refractivity contribution is 5.76. The van der Waals surface area contributed by atoms with Crippen LogP contribution in [-0.2, 0) is 11.3 Å². The summed E-state index contributed by atoms with van der Waals surface area (Å²) in [5.74, 6) is -0.147. The predicted molar refractivity (Wildman–Crippen MR) is 84.3 cm³/mol. The van der Waals surface area contributed by atoms with E-state index in [1.165, 1.54) is 10.7 Å². The first-order valence-corrected chi connectivity index (χ1v) is 7.65. The summed E-state index contributed by atoms with van der Waals surface area (Å²) in [5.41, 5.74) is 1.35. The van der Waals surface area contributed by atoms with Gasteiger partial charge >= 0.3 is 0 Å².